The van der Waals surface area contributed by atoms with Crippen LogP contribution in [0.2, 0.25) is 0 Å². The highest BCUT2D eigenvalue weighted by Gasteiger charge is 2.16. The number of sulfonamides is 1. The average Bonchev–Trinajstić information content (AvgIpc) is 2.46. The Bertz CT molecular complexity index is 585. The Morgan fingerprint density at radius 3 is 2.62 bits per heavy atom. The van der Waals surface area contributed by atoms with Gasteiger partial charge in [0.25, 0.3) is 0 Å². The van der Waals surface area contributed by atoms with Gasteiger partial charge < -0.3 is 10.6 Å². The van der Waals surface area contributed by atoms with E-state index in [0.717, 1.165) is 12.0 Å². The number of rotatable bonds is 7. The standard InChI is InChI=1S/C14H23N3O3S/c1-4-13(15)11-6-5-7-12(10-11)21(19,20)16-9-8-14(18)17(2)3/h5-7,10,13,16H,4,8-9,15H2,1-3H3. The van der Waals surface area contributed by atoms with E-state index < -0.39 is 10.0 Å². The van der Waals surface area contributed by atoms with Crippen molar-refractivity contribution in [3.8, 4) is 0 Å². The van der Waals surface area contributed by atoms with E-state index in [0.29, 0.717) is 0 Å². The molecule has 0 spiro atoms. The van der Waals surface area contributed by atoms with Gasteiger partial charge in [-0.2, -0.15) is 0 Å². The van der Waals surface area contributed by atoms with Crippen LogP contribution < -0.4 is 10.5 Å². The number of nitrogens with two attached hydrogens (primary N) is 1. The lowest BCUT2D eigenvalue weighted by atomic mass is 10.1. The van der Waals surface area contributed by atoms with E-state index in [9.17, 15) is 13.2 Å². The van der Waals surface area contributed by atoms with Crippen LogP contribution in [0.15, 0.2) is 29.2 Å². The number of carbonyl (C=O) groups excluding carboxylic acids is 1. The van der Waals surface area contributed by atoms with Crippen LogP contribution in [0, 0.1) is 0 Å². The molecule has 1 atom stereocenters. The molecule has 3 N–H and O–H groups in total. The van der Waals surface area contributed by atoms with Crippen LogP contribution in [0.1, 0.15) is 31.4 Å². The van der Waals surface area contributed by atoms with Crippen LogP contribution in [0.25, 0.3) is 0 Å². The normalized spacial score (nSPS) is 13.0. The maximum atomic E-state index is 12.2. The van der Waals surface area contributed by atoms with Gasteiger partial charge in [-0.3, -0.25) is 4.79 Å². The molecule has 0 radical (unpaired) electrons. The van der Waals surface area contributed by atoms with Crippen molar-refractivity contribution in [2.75, 3.05) is 20.6 Å². The maximum absolute atomic E-state index is 12.2. The van der Waals surface area contributed by atoms with Gasteiger partial charge in [0.1, 0.15) is 0 Å². The van der Waals surface area contributed by atoms with Crippen molar-refractivity contribution < 1.29 is 13.2 Å². The second kappa shape index (κ2) is 7.53. The smallest absolute Gasteiger partial charge is 0.240 e. The lowest BCUT2D eigenvalue weighted by Gasteiger charge is -2.13. The van der Waals surface area contributed by atoms with Crippen LogP contribution in [0.4, 0.5) is 0 Å². The number of nitrogens with zero attached hydrogens (tertiary/aromatic N) is 1. The molecule has 0 bridgehead atoms. The Balaban J connectivity index is 2.77. The van der Waals surface area contributed by atoms with Gasteiger partial charge in [0.05, 0.1) is 4.90 Å². The maximum Gasteiger partial charge on any atom is 0.240 e. The van der Waals surface area contributed by atoms with Gasteiger partial charge in [-0.05, 0) is 24.1 Å². The van der Waals surface area contributed by atoms with Crippen molar-refractivity contribution >= 4 is 15.9 Å². The molecule has 1 unspecified atom stereocenters. The number of benzene rings is 1. The van der Waals surface area contributed by atoms with Crippen molar-refractivity contribution in [3.05, 3.63) is 29.8 Å². The van der Waals surface area contributed by atoms with E-state index in [4.69, 9.17) is 5.73 Å². The van der Waals surface area contributed by atoms with E-state index >= 15 is 0 Å². The second-order valence-electron chi connectivity index (χ2n) is 5.02. The van der Waals surface area contributed by atoms with Crippen molar-refractivity contribution in [1.29, 1.82) is 0 Å². The minimum atomic E-state index is -3.62. The minimum absolute atomic E-state index is 0.0728. The van der Waals surface area contributed by atoms with Crippen molar-refractivity contribution in [2.24, 2.45) is 5.73 Å². The summed E-state index contributed by atoms with van der Waals surface area (Å²) in [4.78, 5) is 13.0. The average molecular weight is 313 g/mol. The SMILES string of the molecule is CCC(N)c1cccc(S(=O)(=O)NCCC(=O)N(C)C)c1. The van der Waals surface area contributed by atoms with Gasteiger partial charge in [-0.1, -0.05) is 19.1 Å². The minimum Gasteiger partial charge on any atom is -0.349 e. The summed E-state index contributed by atoms with van der Waals surface area (Å²) in [6.45, 7) is 2.01. The first-order valence-electron chi connectivity index (χ1n) is 6.83. The Hall–Kier alpha value is -1.44. The van der Waals surface area contributed by atoms with Gasteiger partial charge in [-0.15, -0.1) is 0 Å². The van der Waals surface area contributed by atoms with E-state index in [1.165, 1.54) is 11.0 Å². The molecule has 118 valence electrons. The third kappa shape index (κ3) is 5.11. The summed E-state index contributed by atoms with van der Waals surface area (Å²) in [5.74, 6) is -0.126. The highest BCUT2D eigenvalue weighted by Crippen LogP contribution is 2.18. The molecule has 1 rings (SSSR count). The van der Waals surface area contributed by atoms with Crippen LogP contribution in [-0.4, -0.2) is 39.9 Å². The number of amides is 1. The van der Waals surface area contributed by atoms with E-state index in [-0.39, 0.29) is 29.8 Å². The van der Waals surface area contributed by atoms with Crippen molar-refractivity contribution in [3.63, 3.8) is 0 Å². The van der Waals surface area contributed by atoms with Crippen LogP contribution >= 0.6 is 0 Å². The first-order chi connectivity index (χ1) is 9.77. The van der Waals surface area contributed by atoms with Crippen molar-refractivity contribution in [1.82, 2.24) is 9.62 Å². The molecule has 0 saturated carbocycles. The molecule has 1 aromatic rings. The molecule has 7 heteroatoms. The molecular formula is C14H23N3O3S. The number of hydrogen-bond donors (Lipinski definition) is 2. The predicted molar refractivity (Wildman–Crippen MR) is 82.2 cm³/mol. The molecule has 21 heavy (non-hydrogen) atoms. The molecule has 0 heterocycles. The van der Waals surface area contributed by atoms with Gasteiger partial charge in [-0.25, -0.2) is 13.1 Å². The second-order valence-corrected chi connectivity index (χ2v) is 6.79. The summed E-state index contributed by atoms with van der Waals surface area (Å²) in [6.07, 6.45) is 0.856. The zero-order valence-electron chi connectivity index (χ0n) is 12.7. The van der Waals surface area contributed by atoms with Crippen LogP contribution in [0.3, 0.4) is 0 Å². The number of carbonyl (C=O) groups is 1. The predicted octanol–water partition coefficient (Wildman–Crippen LogP) is 0.853. The van der Waals surface area contributed by atoms with Gasteiger partial charge in [0, 0.05) is 33.1 Å². The molecule has 0 saturated heterocycles. The summed E-state index contributed by atoms with van der Waals surface area (Å²) in [5.41, 5.74) is 6.70. The van der Waals surface area contributed by atoms with E-state index in [2.05, 4.69) is 4.72 Å². The number of nitrogens with one attached hydrogen (secondary N) is 1. The molecule has 1 amide bonds. The molecule has 0 aliphatic heterocycles. The molecule has 1 aromatic carbocycles. The molecule has 6 nitrogen and oxygen atoms in total. The third-order valence-electron chi connectivity index (χ3n) is 3.17. The summed E-state index contributed by atoms with van der Waals surface area (Å²) in [5, 5.41) is 0. The number of hydrogen-bond acceptors (Lipinski definition) is 4. The highest BCUT2D eigenvalue weighted by molar-refractivity contribution is 7.89. The lowest BCUT2D eigenvalue weighted by Crippen LogP contribution is -2.30. The monoisotopic (exact) mass is 313 g/mol. The van der Waals surface area contributed by atoms with E-state index in [1.54, 1.807) is 26.2 Å². The molecule has 0 fully saturated rings. The summed E-state index contributed by atoms with van der Waals surface area (Å²) in [6, 6.07) is 6.38. The first-order valence-corrected chi connectivity index (χ1v) is 8.31. The van der Waals surface area contributed by atoms with Crippen LogP contribution in [-0.2, 0) is 14.8 Å². The first kappa shape index (κ1) is 17.6. The molecule has 0 aromatic heterocycles. The molecule has 0 aliphatic rings. The Kier molecular flexibility index (Phi) is 6.32. The zero-order chi connectivity index (χ0) is 16.0. The Labute approximate surface area is 126 Å². The van der Waals surface area contributed by atoms with Gasteiger partial charge in [0.2, 0.25) is 15.9 Å². The summed E-state index contributed by atoms with van der Waals surface area (Å²) >= 11 is 0. The Morgan fingerprint density at radius 2 is 2.05 bits per heavy atom. The summed E-state index contributed by atoms with van der Waals surface area (Å²) < 4.78 is 26.8. The highest BCUT2D eigenvalue weighted by atomic mass is 32.2. The quantitative estimate of drug-likeness (QED) is 0.780. The van der Waals surface area contributed by atoms with Crippen LogP contribution in [0.5, 0.6) is 0 Å². The third-order valence-corrected chi connectivity index (χ3v) is 4.62. The largest absolute Gasteiger partial charge is 0.349 e. The molecular weight excluding hydrogens is 290 g/mol. The zero-order valence-corrected chi connectivity index (χ0v) is 13.5. The van der Waals surface area contributed by atoms with E-state index in [1.807, 2.05) is 13.0 Å². The topological polar surface area (TPSA) is 92.5 Å². The van der Waals surface area contributed by atoms with Gasteiger partial charge >= 0.3 is 0 Å². The van der Waals surface area contributed by atoms with Crippen molar-refractivity contribution in [2.45, 2.75) is 30.7 Å². The van der Waals surface area contributed by atoms with Gasteiger partial charge in [0.15, 0.2) is 0 Å². The fourth-order valence-corrected chi connectivity index (χ4v) is 2.83. The fourth-order valence-electron chi connectivity index (χ4n) is 1.75. The fraction of sp³-hybridized carbons (Fsp3) is 0.500. The Morgan fingerprint density at radius 1 is 1.38 bits per heavy atom. The molecule has 0 aliphatic carbocycles. The summed E-state index contributed by atoms with van der Waals surface area (Å²) in [7, 11) is -0.359. The lowest BCUT2D eigenvalue weighted by molar-refractivity contribution is -0.128.